The largest absolute Gasteiger partial charge is 0.506 e. The molecule has 0 radical (unpaired) electrons. The first kappa shape index (κ1) is 16.3. The number of ether oxygens (including phenoxy) is 3. The van der Waals surface area contributed by atoms with Crippen LogP contribution in [0.15, 0.2) is 18.2 Å². The highest BCUT2D eigenvalue weighted by Gasteiger charge is 2.18. The minimum Gasteiger partial charge on any atom is -0.506 e. The first-order chi connectivity index (χ1) is 10.6. The smallest absolute Gasteiger partial charge is 0.306 e. The van der Waals surface area contributed by atoms with Crippen LogP contribution in [-0.4, -0.2) is 37.3 Å². The third-order valence-electron chi connectivity index (χ3n) is 3.18. The lowest BCUT2D eigenvalue weighted by Crippen LogP contribution is -2.18. The molecule has 1 fully saturated rings. The van der Waals surface area contributed by atoms with Crippen LogP contribution in [0.1, 0.15) is 31.1 Å². The van der Waals surface area contributed by atoms with Gasteiger partial charge >= 0.3 is 5.97 Å². The lowest BCUT2D eigenvalue weighted by atomic mass is 10.1. The standard InChI is InChI=1S/C15H19NO6/c1-20-14(19)6-5-13(18)16-11-9-10(3-4-12(11)17)15-21-7-2-8-22-15/h3-4,9,15,17H,2,5-8H2,1H3,(H,16,18). The second-order valence-corrected chi connectivity index (χ2v) is 4.83. The Morgan fingerprint density at radius 2 is 2.05 bits per heavy atom. The van der Waals surface area contributed by atoms with E-state index in [1.54, 1.807) is 12.1 Å². The molecule has 1 aliphatic heterocycles. The van der Waals surface area contributed by atoms with E-state index < -0.39 is 12.3 Å². The molecule has 1 amide bonds. The zero-order chi connectivity index (χ0) is 15.9. The molecule has 1 heterocycles. The molecule has 2 N–H and O–H groups in total. The van der Waals surface area contributed by atoms with Crippen molar-refractivity contribution < 1.29 is 28.9 Å². The van der Waals surface area contributed by atoms with Gasteiger partial charge < -0.3 is 24.6 Å². The molecule has 7 heteroatoms. The summed E-state index contributed by atoms with van der Waals surface area (Å²) in [5.74, 6) is -0.911. The van der Waals surface area contributed by atoms with Crippen LogP contribution in [0.3, 0.4) is 0 Å². The summed E-state index contributed by atoms with van der Waals surface area (Å²) in [6.07, 6.45) is 0.302. The van der Waals surface area contributed by atoms with Gasteiger partial charge in [-0.25, -0.2) is 0 Å². The lowest BCUT2D eigenvalue weighted by molar-refractivity contribution is -0.183. The third-order valence-corrected chi connectivity index (χ3v) is 3.18. The van der Waals surface area contributed by atoms with Gasteiger partial charge in [0, 0.05) is 12.0 Å². The fraction of sp³-hybridized carbons (Fsp3) is 0.467. The summed E-state index contributed by atoms with van der Waals surface area (Å²) in [7, 11) is 1.26. The maximum absolute atomic E-state index is 11.8. The molecule has 0 spiro atoms. The summed E-state index contributed by atoms with van der Waals surface area (Å²) in [6.45, 7) is 1.21. The number of benzene rings is 1. The maximum atomic E-state index is 11.8. The Morgan fingerprint density at radius 3 is 2.73 bits per heavy atom. The van der Waals surface area contributed by atoms with E-state index in [0.29, 0.717) is 18.8 Å². The summed E-state index contributed by atoms with van der Waals surface area (Å²) in [6, 6.07) is 4.74. The Balaban J connectivity index is 2.00. The molecule has 2 rings (SSSR count). The normalized spacial score (nSPS) is 15.3. The van der Waals surface area contributed by atoms with Gasteiger partial charge in [-0.15, -0.1) is 0 Å². The van der Waals surface area contributed by atoms with Crippen molar-refractivity contribution in [2.24, 2.45) is 0 Å². The van der Waals surface area contributed by atoms with Crippen LogP contribution in [-0.2, 0) is 23.8 Å². The third kappa shape index (κ3) is 4.44. The number of carbonyl (C=O) groups excluding carboxylic acids is 2. The van der Waals surface area contributed by atoms with Crippen LogP contribution in [0, 0.1) is 0 Å². The van der Waals surface area contributed by atoms with Crippen LogP contribution in [0.5, 0.6) is 5.75 Å². The number of hydrogen-bond acceptors (Lipinski definition) is 6. The molecule has 0 unspecified atom stereocenters. The number of amides is 1. The lowest BCUT2D eigenvalue weighted by Gasteiger charge is -2.24. The Labute approximate surface area is 128 Å². The van der Waals surface area contributed by atoms with Crippen LogP contribution in [0.25, 0.3) is 0 Å². The molecule has 0 aromatic heterocycles. The molecule has 0 atom stereocenters. The highest BCUT2D eigenvalue weighted by Crippen LogP contribution is 2.30. The number of esters is 1. The molecule has 1 aliphatic rings. The summed E-state index contributed by atoms with van der Waals surface area (Å²) in [5.41, 5.74) is 0.964. The number of nitrogens with one attached hydrogen (secondary N) is 1. The first-order valence-electron chi connectivity index (χ1n) is 7.03. The van der Waals surface area contributed by atoms with Gasteiger partial charge in [0.1, 0.15) is 5.75 Å². The molecule has 7 nitrogen and oxygen atoms in total. The van der Waals surface area contributed by atoms with Crippen molar-refractivity contribution in [3.63, 3.8) is 0 Å². The van der Waals surface area contributed by atoms with Crippen molar-refractivity contribution >= 4 is 17.6 Å². The fourth-order valence-electron chi connectivity index (χ4n) is 2.01. The molecular formula is C15H19NO6. The Morgan fingerprint density at radius 1 is 1.32 bits per heavy atom. The van der Waals surface area contributed by atoms with Gasteiger partial charge in [0.15, 0.2) is 6.29 Å². The number of anilines is 1. The van der Waals surface area contributed by atoms with E-state index in [-0.39, 0.29) is 30.2 Å². The maximum Gasteiger partial charge on any atom is 0.306 e. The van der Waals surface area contributed by atoms with E-state index in [2.05, 4.69) is 10.1 Å². The van der Waals surface area contributed by atoms with Crippen molar-refractivity contribution in [3.05, 3.63) is 23.8 Å². The van der Waals surface area contributed by atoms with Gasteiger partial charge in [-0.05, 0) is 18.6 Å². The molecule has 1 aromatic rings. The first-order valence-corrected chi connectivity index (χ1v) is 7.03. The molecule has 1 saturated heterocycles. The van der Waals surface area contributed by atoms with Gasteiger partial charge in [-0.2, -0.15) is 0 Å². The molecule has 120 valence electrons. The quantitative estimate of drug-likeness (QED) is 0.635. The molecule has 22 heavy (non-hydrogen) atoms. The Hall–Kier alpha value is -2.12. The molecule has 0 aliphatic carbocycles. The zero-order valence-corrected chi connectivity index (χ0v) is 12.3. The summed E-state index contributed by atoms with van der Waals surface area (Å²) in [4.78, 5) is 22.8. The van der Waals surface area contributed by atoms with Crippen molar-refractivity contribution in [1.29, 1.82) is 0 Å². The highest BCUT2D eigenvalue weighted by molar-refractivity contribution is 5.93. The second kappa shape index (κ2) is 7.77. The van der Waals surface area contributed by atoms with Gasteiger partial charge in [0.2, 0.25) is 5.91 Å². The predicted octanol–water partition coefficient (Wildman–Crippen LogP) is 1.72. The SMILES string of the molecule is COC(=O)CCC(=O)Nc1cc(C2OCCCO2)ccc1O. The number of hydrogen-bond donors (Lipinski definition) is 2. The number of phenols is 1. The Kier molecular flexibility index (Phi) is 5.74. The monoisotopic (exact) mass is 309 g/mol. The van der Waals surface area contributed by atoms with Crippen molar-refractivity contribution in [3.8, 4) is 5.75 Å². The van der Waals surface area contributed by atoms with E-state index in [1.807, 2.05) is 0 Å². The van der Waals surface area contributed by atoms with Crippen LogP contribution < -0.4 is 5.32 Å². The summed E-state index contributed by atoms with van der Waals surface area (Å²) >= 11 is 0. The number of rotatable bonds is 5. The van der Waals surface area contributed by atoms with E-state index >= 15 is 0 Å². The van der Waals surface area contributed by atoms with Gasteiger partial charge in [-0.3, -0.25) is 9.59 Å². The van der Waals surface area contributed by atoms with Gasteiger partial charge in [0.25, 0.3) is 0 Å². The summed E-state index contributed by atoms with van der Waals surface area (Å²) in [5, 5.41) is 12.4. The molecule has 0 bridgehead atoms. The fourth-order valence-corrected chi connectivity index (χ4v) is 2.01. The van der Waals surface area contributed by atoms with E-state index in [9.17, 15) is 14.7 Å². The zero-order valence-electron chi connectivity index (χ0n) is 12.3. The average molecular weight is 309 g/mol. The van der Waals surface area contributed by atoms with Crippen molar-refractivity contribution in [1.82, 2.24) is 0 Å². The minimum absolute atomic E-state index is 0.0162. The molecular weight excluding hydrogens is 290 g/mol. The van der Waals surface area contributed by atoms with Gasteiger partial charge in [-0.1, -0.05) is 6.07 Å². The van der Waals surface area contributed by atoms with Crippen LogP contribution >= 0.6 is 0 Å². The minimum atomic E-state index is -0.500. The van der Waals surface area contributed by atoms with E-state index in [1.165, 1.54) is 13.2 Å². The van der Waals surface area contributed by atoms with E-state index in [0.717, 1.165) is 6.42 Å². The number of aromatic hydroxyl groups is 1. The summed E-state index contributed by atoms with van der Waals surface area (Å²) < 4.78 is 15.4. The molecule has 1 aromatic carbocycles. The predicted molar refractivity (Wildman–Crippen MR) is 77.2 cm³/mol. The van der Waals surface area contributed by atoms with Crippen LogP contribution in [0.2, 0.25) is 0 Å². The molecule has 0 saturated carbocycles. The Bertz CT molecular complexity index is 539. The van der Waals surface area contributed by atoms with Crippen molar-refractivity contribution in [2.75, 3.05) is 25.6 Å². The van der Waals surface area contributed by atoms with Crippen LogP contribution in [0.4, 0.5) is 5.69 Å². The second-order valence-electron chi connectivity index (χ2n) is 4.83. The average Bonchev–Trinajstić information content (AvgIpc) is 2.55. The number of carbonyl (C=O) groups is 2. The van der Waals surface area contributed by atoms with E-state index in [4.69, 9.17) is 9.47 Å². The van der Waals surface area contributed by atoms with Crippen molar-refractivity contribution in [2.45, 2.75) is 25.6 Å². The number of phenolic OH excluding ortho intramolecular Hbond substituents is 1. The topological polar surface area (TPSA) is 94.1 Å². The highest BCUT2D eigenvalue weighted by atomic mass is 16.7. The number of methoxy groups -OCH3 is 1. The van der Waals surface area contributed by atoms with Gasteiger partial charge in [0.05, 0.1) is 32.4 Å².